The first-order chi connectivity index (χ1) is 4.76. The summed E-state index contributed by atoms with van der Waals surface area (Å²) in [6.45, 7) is 7.63. The summed E-state index contributed by atoms with van der Waals surface area (Å²) in [4.78, 5) is 0. The summed E-state index contributed by atoms with van der Waals surface area (Å²) in [5.74, 6) is 1.57. The van der Waals surface area contributed by atoms with E-state index < -0.39 is 0 Å². The maximum atomic E-state index is 5.61. The SMILES string of the molecule is CCCC(C)[C@@H](CC)CN. The van der Waals surface area contributed by atoms with Gasteiger partial charge in [0.25, 0.3) is 0 Å². The molecule has 10 heavy (non-hydrogen) atoms. The quantitative estimate of drug-likeness (QED) is 0.628. The first-order valence-corrected chi connectivity index (χ1v) is 4.46. The predicted molar refractivity (Wildman–Crippen MR) is 46.9 cm³/mol. The third-order valence-corrected chi connectivity index (χ3v) is 2.38. The first kappa shape index (κ1) is 9.96. The summed E-state index contributed by atoms with van der Waals surface area (Å²) in [7, 11) is 0. The molecule has 0 saturated heterocycles. The molecule has 0 aromatic carbocycles. The summed E-state index contributed by atoms with van der Waals surface area (Å²) in [6.07, 6.45) is 3.85. The van der Waals surface area contributed by atoms with Crippen LogP contribution in [0, 0.1) is 11.8 Å². The van der Waals surface area contributed by atoms with Crippen molar-refractivity contribution in [1.82, 2.24) is 0 Å². The number of hydrogen-bond acceptors (Lipinski definition) is 1. The van der Waals surface area contributed by atoms with Crippen molar-refractivity contribution in [2.45, 2.75) is 40.0 Å². The molecule has 0 aromatic heterocycles. The minimum Gasteiger partial charge on any atom is -0.330 e. The van der Waals surface area contributed by atoms with Crippen LogP contribution in [0.5, 0.6) is 0 Å². The van der Waals surface area contributed by atoms with Crippen molar-refractivity contribution in [2.24, 2.45) is 17.6 Å². The van der Waals surface area contributed by atoms with Crippen LogP contribution in [-0.4, -0.2) is 6.54 Å². The molecule has 0 heterocycles. The molecule has 0 rings (SSSR count). The van der Waals surface area contributed by atoms with Gasteiger partial charge in [-0.1, -0.05) is 40.0 Å². The smallest absolute Gasteiger partial charge is 0.00464 e. The molecule has 0 fully saturated rings. The number of hydrogen-bond donors (Lipinski definition) is 1. The summed E-state index contributed by atoms with van der Waals surface area (Å²) in [6, 6.07) is 0. The van der Waals surface area contributed by atoms with Crippen LogP contribution in [0.25, 0.3) is 0 Å². The Morgan fingerprint density at radius 3 is 2.20 bits per heavy atom. The van der Waals surface area contributed by atoms with Crippen LogP contribution in [0.3, 0.4) is 0 Å². The van der Waals surface area contributed by atoms with E-state index in [0.29, 0.717) is 0 Å². The van der Waals surface area contributed by atoms with E-state index in [-0.39, 0.29) is 0 Å². The number of rotatable bonds is 5. The van der Waals surface area contributed by atoms with Gasteiger partial charge < -0.3 is 5.73 Å². The third-order valence-electron chi connectivity index (χ3n) is 2.38. The normalized spacial score (nSPS) is 16.8. The van der Waals surface area contributed by atoms with Crippen molar-refractivity contribution < 1.29 is 0 Å². The zero-order chi connectivity index (χ0) is 7.98. The van der Waals surface area contributed by atoms with E-state index in [1.807, 2.05) is 0 Å². The predicted octanol–water partition coefficient (Wildman–Crippen LogP) is 2.41. The van der Waals surface area contributed by atoms with Crippen molar-refractivity contribution in [3.8, 4) is 0 Å². The fraction of sp³-hybridized carbons (Fsp3) is 1.00. The van der Waals surface area contributed by atoms with Gasteiger partial charge in [0.1, 0.15) is 0 Å². The molecule has 0 aliphatic carbocycles. The minimum absolute atomic E-state index is 0.750. The Morgan fingerprint density at radius 2 is 1.90 bits per heavy atom. The fourth-order valence-electron chi connectivity index (χ4n) is 1.49. The molecule has 2 N–H and O–H groups in total. The molecule has 2 atom stereocenters. The lowest BCUT2D eigenvalue weighted by Crippen LogP contribution is -2.20. The third kappa shape index (κ3) is 3.21. The lowest BCUT2D eigenvalue weighted by atomic mass is 9.88. The van der Waals surface area contributed by atoms with Gasteiger partial charge in [0.05, 0.1) is 0 Å². The van der Waals surface area contributed by atoms with Crippen molar-refractivity contribution in [3.05, 3.63) is 0 Å². The van der Waals surface area contributed by atoms with Crippen molar-refractivity contribution in [3.63, 3.8) is 0 Å². The molecule has 1 heteroatoms. The Balaban J connectivity index is 3.53. The van der Waals surface area contributed by atoms with Gasteiger partial charge in [0, 0.05) is 0 Å². The molecule has 0 radical (unpaired) electrons. The molecule has 0 amide bonds. The van der Waals surface area contributed by atoms with Crippen LogP contribution in [-0.2, 0) is 0 Å². The van der Waals surface area contributed by atoms with Gasteiger partial charge in [-0.25, -0.2) is 0 Å². The molecule has 0 aliphatic heterocycles. The lowest BCUT2D eigenvalue weighted by molar-refractivity contribution is 0.333. The Hall–Kier alpha value is -0.0400. The summed E-state index contributed by atoms with van der Waals surface area (Å²) in [5, 5.41) is 0. The second kappa shape index (κ2) is 5.72. The van der Waals surface area contributed by atoms with Crippen molar-refractivity contribution in [1.29, 1.82) is 0 Å². The molecule has 0 saturated carbocycles. The summed E-state index contributed by atoms with van der Waals surface area (Å²) >= 11 is 0. The molecule has 1 nitrogen and oxygen atoms in total. The van der Waals surface area contributed by atoms with Crippen LogP contribution in [0.15, 0.2) is 0 Å². The lowest BCUT2D eigenvalue weighted by Gasteiger charge is -2.19. The Bertz CT molecular complexity index is 67.1. The molecule has 0 spiro atoms. The molecule has 0 aliphatic rings. The van der Waals surface area contributed by atoms with E-state index in [9.17, 15) is 0 Å². The van der Waals surface area contributed by atoms with Crippen LogP contribution in [0.1, 0.15) is 40.0 Å². The molecular formula is C9H21N. The average molecular weight is 143 g/mol. The number of nitrogens with two attached hydrogens (primary N) is 1. The van der Waals surface area contributed by atoms with Crippen LogP contribution >= 0.6 is 0 Å². The van der Waals surface area contributed by atoms with Crippen LogP contribution in [0.2, 0.25) is 0 Å². The van der Waals surface area contributed by atoms with E-state index in [1.54, 1.807) is 0 Å². The van der Waals surface area contributed by atoms with E-state index in [4.69, 9.17) is 5.73 Å². The first-order valence-electron chi connectivity index (χ1n) is 4.46. The minimum atomic E-state index is 0.750. The monoisotopic (exact) mass is 143 g/mol. The highest BCUT2D eigenvalue weighted by Gasteiger charge is 2.11. The van der Waals surface area contributed by atoms with Gasteiger partial charge >= 0.3 is 0 Å². The zero-order valence-electron chi connectivity index (χ0n) is 7.56. The highest BCUT2D eigenvalue weighted by atomic mass is 14.5. The molecule has 1 unspecified atom stereocenters. The van der Waals surface area contributed by atoms with E-state index >= 15 is 0 Å². The second-order valence-electron chi connectivity index (χ2n) is 3.17. The Labute approximate surface area is 65.0 Å². The van der Waals surface area contributed by atoms with Crippen LogP contribution in [0.4, 0.5) is 0 Å². The largest absolute Gasteiger partial charge is 0.330 e. The topological polar surface area (TPSA) is 26.0 Å². The Morgan fingerprint density at radius 1 is 1.30 bits per heavy atom. The van der Waals surface area contributed by atoms with Gasteiger partial charge in [-0.3, -0.25) is 0 Å². The fourth-order valence-corrected chi connectivity index (χ4v) is 1.49. The second-order valence-corrected chi connectivity index (χ2v) is 3.17. The maximum Gasteiger partial charge on any atom is -0.00464 e. The van der Waals surface area contributed by atoms with Gasteiger partial charge in [0.2, 0.25) is 0 Å². The van der Waals surface area contributed by atoms with Gasteiger partial charge in [-0.15, -0.1) is 0 Å². The summed E-state index contributed by atoms with van der Waals surface area (Å²) < 4.78 is 0. The van der Waals surface area contributed by atoms with Crippen molar-refractivity contribution in [2.75, 3.05) is 6.54 Å². The highest BCUT2D eigenvalue weighted by Crippen LogP contribution is 2.18. The zero-order valence-corrected chi connectivity index (χ0v) is 7.56. The molecular weight excluding hydrogens is 122 g/mol. The van der Waals surface area contributed by atoms with Crippen LogP contribution < -0.4 is 5.73 Å². The van der Waals surface area contributed by atoms with Gasteiger partial charge in [0.15, 0.2) is 0 Å². The average Bonchev–Trinajstić information content (AvgIpc) is 1.91. The van der Waals surface area contributed by atoms with E-state index in [2.05, 4.69) is 20.8 Å². The van der Waals surface area contributed by atoms with Gasteiger partial charge in [-0.05, 0) is 18.4 Å². The van der Waals surface area contributed by atoms with Gasteiger partial charge in [-0.2, -0.15) is 0 Å². The van der Waals surface area contributed by atoms with Crippen molar-refractivity contribution >= 4 is 0 Å². The summed E-state index contributed by atoms with van der Waals surface area (Å²) in [5.41, 5.74) is 5.61. The molecule has 62 valence electrons. The highest BCUT2D eigenvalue weighted by molar-refractivity contribution is 4.64. The van der Waals surface area contributed by atoms with E-state index in [0.717, 1.165) is 18.4 Å². The molecule has 0 aromatic rings. The maximum absolute atomic E-state index is 5.61. The van der Waals surface area contributed by atoms with E-state index in [1.165, 1.54) is 19.3 Å². The standard InChI is InChI=1S/C9H21N/c1-4-6-8(3)9(5-2)7-10/h8-9H,4-7,10H2,1-3H3/t8?,9-/m0/s1. The Kier molecular flexibility index (Phi) is 5.70. The molecule has 0 bridgehead atoms.